The van der Waals surface area contributed by atoms with Crippen molar-refractivity contribution in [2.75, 3.05) is 13.6 Å². The molecule has 4 heteroatoms. The number of aromatic nitrogens is 1. The topological polar surface area (TPSA) is 33.2 Å². The molecule has 0 aliphatic carbocycles. The molecular formula is C12H15FN2O. The molecule has 2 rings (SSSR count). The van der Waals surface area contributed by atoms with Gasteiger partial charge in [0.1, 0.15) is 0 Å². The number of rotatable bonds is 2. The summed E-state index contributed by atoms with van der Waals surface area (Å²) in [5, 5.41) is 0. The van der Waals surface area contributed by atoms with E-state index in [-0.39, 0.29) is 6.04 Å². The average molecular weight is 222 g/mol. The van der Waals surface area contributed by atoms with Crippen molar-refractivity contribution in [3.63, 3.8) is 0 Å². The Kier molecular flexibility index (Phi) is 3.29. The molecular weight excluding hydrogens is 207 g/mol. The third kappa shape index (κ3) is 2.11. The smallest absolute Gasteiger partial charge is 0.217 e. The zero-order valence-corrected chi connectivity index (χ0v) is 9.32. The number of likely N-dealkylation sites (tertiary alicyclic amines) is 1. The largest absolute Gasteiger partial charge is 0.299 e. The van der Waals surface area contributed by atoms with E-state index in [1.807, 2.05) is 7.05 Å². The van der Waals surface area contributed by atoms with E-state index in [2.05, 4.69) is 9.88 Å². The van der Waals surface area contributed by atoms with Gasteiger partial charge in [-0.2, -0.15) is 4.39 Å². The molecule has 1 aliphatic heterocycles. The number of pyridine rings is 1. The molecule has 1 saturated heterocycles. The normalized spacial score (nSPS) is 22.0. The molecule has 0 unspecified atom stereocenters. The predicted molar refractivity (Wildman–Crippen MR) is 58.8 cm³/mol. The molecule has 1 aromatic heterocycles. The molecule has 1 aliphatic rings. The minimum Gasteiger partial charge on any atom is -0.299 e. The lowest BCUT2D eigenvalue weighted by atomic mass is 9.96. The summed E-state index contributed by atoms with van der Waals surface area (Å²) in [5.41, 5.74) is 0.988. The molecule has 0 amide bonds. The van der Waals surface area contributed by atoms with Crippen molar-refractivity contribution in [1.82, 2.24) is 9.88 Å². The molecule has 3 nitrogen and oxygen atoms in total. The van der Waals surface area contributed by atoms with Gasteiger partial charge in [-0.15, -0.1) is 0 Å². The van der Waals surface area contributed by atoms with Crippen LogP contribution in [0.1, 0.15) is 41.2 Å². The van der Waals surface area contributed by atoms with Crippen LogP contribution >= 0.6 is 0 Å². The standard InChI is InChI=1S/C12H15FN2O/c1-15-5-3-2-4-11(15)10-6-9(8-16)7-14-12(10)13/h6-8,11H,2-5H2,1H3/t11-/m0/s1. The lowest BCUT2D eigenvalue weighted by Crippen LogP contribution is -2.30. The van der Waals surface area contributed by atoms with Crippen LogP contribution in [0.25, 0.3) is 0 Å². The fourth-order valence-corrected chi connectivity index (χ4v) is 2.25. The molecule has 1 atom stereocenters. The summed E-state index contributed by atoms with van der Waals surface area (Å²) in [6, 6.07) is 1.67. The first-order valence-corrected chi connectivity index (χ1v) is 5.53. The summed E-state index contributed by atoms with van der Waals surface area (Å²) in [5.74, 6) is -0.454. The van der Waals surface area contributed by atoms with Gasteiger partial charge in [0, 0.05) is 23.4 Å². The van der Waals surface area contributed by atoms with Gasteiger partial charge in [-0.3, -0.25) is 9.69 Å². The maximum absolute atomic E-state index is 13.6. The highest BCUT2D eigenvalue weighted by Gasteiger charge is 2.24. The van der Waals surface area contributed by atoms with Gasteiger partial charge in [0.05, 0.1) is 0 Å². The Morgan fingerprint density at radius 3 is 3.06 bits per heavy atom. The minimum absolute atomic E-state index is 0.0566. The van der Waals surface area contributed by atoms with Gasteiger partial charge in [-0.05, 0) is 32.5 Å². The van der Waals surface area contributed by atoms with E-state index in [0.29, 0.717) is 17.4 Å². The monoisotopic (exact) mass is 222 g/mol. The Morgan fingerprint density at radius 1 is 1.56 bits per heavy atom. The van der Waals surface area contributed by atoms with E-state index >= 15 is 0 Å². The third-order valence-corrected chi connectivity index (χ3v) is 3.15. The van der Waals surface area contributed by atoms with Gasteiger partial charge in [0.25, 0.3) is 0 Å². The van der Waals surface area contributed by atoms with Crippen molar-refractivity contribution in [3.8, 4) is 0 Å². The SMILES string of the molecule is CN1CCCC[C@H]1c1cc(C=O)cnc1F. The maximum atomic E-state index is 13.6. The van der Waals surface area contributed by atoms with Crippen LogP contribution < -0.4 is 0 Å². The molecule has 0 aromatic carbocycles. The summed E-state index contributed by atoms with van der Waals surface area (Å²) < 4.78 is 13.6. The van der Waals surface area contributed by atoms with Crippen LogP contribution in [0.2, 0.25) is 0 Å². The number of hydrogen-bond donors (Lipinski definition) is 0. The molecule has 0 radical (unpaired) electrons. The summed E-state index contributed by atoms with van der Waals surface area (Å²) in [4.78, 5) is 16.4. The van der Waals surface area contributed by atoms with Gasteiger partial charge in [0.15, 0.2) is 6.29 Å². The number of carbonyl (C=O) groups is 1. The Morgan fingerprint density at radius 2 is 2.38 bits per heavy atom. The first kappa shape index (κ1) is 11.2. The van der Waals surface area contributed by atoms with Crippen molar-refractivity contribution >= 4 is 6.29 Å². The van der Waals surface area contributed by atoms with Crippen molar-refractivity contribution < 1.29 is 9.18 Å². The quantitative estimate of drug-likeness (QED) is 0.568. The second kappa shape index (κ2) is 4.70. The highest BCUT2D eigenvalue weighted by molar-refractivity contribution is 5.74. The number of nitrogens with zero attached hydrogens (tertiary/aromatic N) is 2. The molecule has 0 bridgehead atoms. The first-order chi connectivity index (χ1) is 7.72. The predicted octanol–water partition coefficient (Wildman–Crippen LogP) is 2.19. The van der Waals surface area contributed by atoms with E-state index in [4.69, 9.17) is 0 Å². The van der Waals surface area contributed by atoms with Gasteiger partial charge < -0.3 is 0 Å². The highest BCUT2D eigenvalue weighted by Crippen LogP contribution is 2.30. The molecule has 86 valence electrons. The summed E-state index contributed by atoms with van der Waals surface area (Å²) in [7, 11) is 1.98. The van der Waals surface area contributed by atoms with Crippen LogP contribution in [0.3, 0.4) is 0 Å². The molecule has 16 heavy (non-hydrogen) atoms. The molecule has 0 spiro atoms. The van der Waals surface area contributed by atoms with E-state index in [1.165, 1.54) is 6.20 Å². The minimum atomic E-state index is -0.454. The van der Waals surface area contributed by atoms with Gasteiger partial charge >= 0.3 is 0 Å². The van der Waals surface area contributed by atoms with Crippen molar-refractivity contribution in [3.05, 3.63) is 29.3 Å². The van der Waals surface area contributed by atoms with Crippen LogP contribution in [-0.4, -0.2) is 29.8 Å². The van der Waals surface area contributed by atoms with E-state index in [1.54, 1.807) is 6.07 Å². The average Bonchev–Trinajstić information content (AvgIpc) is 2.31. The number of hydrogen-bond acceptors (Lipinski definition) is 3. The lowest BCUT2D eigenvalue weighted by Gasteiger charge is -2.32. The number of halogens is 1. The molecule has 1 fully saturated rings. The first-order valence-electron chi connectivity index (χ1n) is 5.53. The van der Waals surface area contributed by atoms with Crippen molar-refractivity contribution in [1.29, 1.82) is 0 Å². The second-order valence-electron chi connectivity index (χ2n) is 4.26. The van der Waals surface area contributed by atoms with Gasteiger partial charge in [-0.25, -0.2) is 4.98 Å². The Bertz CT molecular complexity index is 395. The van der Waals surface area contributed by atoms with Gasteiger partial charge in [-0.1, -0.05) is 6.42 Å². The highest BCUT2D eigenvalue weighted by atomic mass is 19.1. The number of carbonyl (C=O) groups excluding carboxylic acids is 1. The van der Waals surface area contributed by atoms with Crippen LogP contribution in [0, 0.1) is 5.95 Å². The molecule has 0 N–H and O–H groups in total. The Labute approximate surface area is 94.3 Å². The summed E-state index contributed by atoms with van der Waals surface area (Å²) in [6.07, 6.45) is 5.15. The summed E-state index contributed by atoms with van der Waals surface area (Å²) in [6.45, 7) is 0.968. The fraction of sp³-hybridized carbons (Fsp3) is 0.500. The molecule has 1 aromatic rings. The molecule has 0 saturated carbocycles. The zero-order chi connectivity index (χ0) is 11.5. The Balaban J connectivity index is 2.33. The van der Waals surface area contributed by atoms with Crippen LogP contribution in [0.4, 0.5) is 4.39 Å². The Hall–Kier alpha value is -1.29. The van der Waals surface area contributed by atoms with Crippen molar-refractivity contribution in [2.45, 2.75) is 25.3 Å². The lowest BCUT2D eigenvalue weighted by molar-refractivity contribution is 0.112. The number of aldehydes is 1. The van der Waals surface area contributed by atoms with Crippen LogP contribution in [0.5, 0.6) is 0 Å². The maximum Gasteiger partial charge on any atom is 0.217 e. The van der Waals surface area contributed by atoms with Crippen LogP contribution in [-0.2, 0) is 0 Å². The number of piperidine rings is 1. The second-order valence-corrected chi connectivity index (χ2v) is 4.26. The fourth-order valence-electron chi connectivity index (χ4n) is 2.25. The van der Waals surface area contributed by atoms with Gasteiger partial charge in [0.2, 0.25) is 5.95 Å². The summed E-state index contributed by atoms with van der Waals surface area (Å²) >= 11 is 0. The van der Waals surface area contributed by atoms with E-state index in [9.17, 15) is 9.18 Å². The van der Waals surface area contributed by atoms with E-state index < -0.39 is 5.95 Å². The van der Waals surface area contributed by atoms with Crippen molar-refractivity contribution in [2.24, 2.45) is 0 Å². The van der Waals surface area contributed by atoms with E-state index in [0.717, 1.165) is 25.8 Å². The molecule has 2 heterocycles. The van der Waals surface area contributed by atoms with Crippen LogP contribution in [0.15, 0.2) is 12.3 Å². The zero-order valence-electron chi connectivity index (χ0n) is 9.32. The third-order valence-electron chi connectivity index (χ3n) is 3.15.